The third-order valence-electron chi connectivity index (χ3n) is 9.07. The van der Waals surface area contributed by atoms with Crippen molar-refractivity contribution in [3.8, 4) is 45.1 Å². The number of carbonyl (C=O) groups excluding carboxylic acids is 2. The maximum atomic E-state index is 12.3. The van der Waals surface area contributed by atoms with Gasteiger partial charge in [-0.05, 0) is 49.1 Å². The van der Waals surface area contributed by atoms with E-state index in [1.807, 2.05) is 42.5 Å². The minimum atomic E-state index is -0.597. The van der Waals surface area contributed by atoms with Crippen molar-refractivity contribution in [2.24, 2.45) is 0 Å². The number of pyridine rings is 1. The van der Waals surface area contributed by atoms with Crippen LogP contribution in [-0.2, 0) is 29.1 Å². The normalized spacial score (nSPS) is 16.4. The van der Waals surface area contributed by atoms with Crippen molar-refractivity contribution in [3.05, 3.63) is 87.4 Å². The molecule has 1 fully saturated rings. The summed E-state index contributed by atoms with van der Waals surface area (Å²) in [6.45, 7) is 4.23. The largest absolute Gasteiger partial charge is 0.496 e. The molecule has 10 nitrogen and oxygen atoms in total. The molecule has 2 aliphatic heterocycles. The van der Waals surface area contributed by atoms with Crippen LogP contribution in [0.3, 0.4) is 0 Å². The van der Waals surface area contributed by atoms with Crippen molar-refractivity contribution in [3.63, 3.8) is 0 Å². The van der Waals surface area contributed by atoms with Gasteiger partial charge in [-0.1, -0.05) is 65.7 Å². The number of carbonyl (C=O) groups is 2. The number of β-amino-alcohol motifs (C(OH)–C–C–N with tert-alkyl or cyclic N) is 1. The van der Waals surface area contributed by atoms with E-state index in [2.05, 4.69) is 21.6 Å². The number of ether oxygens (including phenoxy) is 3. The Balaban J connectivity index is 1.23. The first-order valence-electron chi connectivity index (χ1n) is 16.6. The molecule has 1 unspecified atom stereocenters. The lowest BCUT2D eigenvalue weighted by atomic mass is 9.91. The van der Waals surface area contributed by atoms with Crippen LogP contribution < -0.4 is 20.1 Å². The zero-order chi connectivity index (χ0) is 35.4. The van der Waals surface area contributed by atoms with E-state index in [1.165, 1.54) is 12.7 Å². The van der Waals surface area contributed by atoms with Crippen molar-refractivity contribution in [1.29, 1.82) is 0 Å². The molecule has 3 N–H and O–H groups in total. The van der Waals surface area contributed by atoms with Crippen LogP contribution in [0.1, 0.15) is 36.5 Å². The highest BCUT2D eigenvalue weighted by Gasteiger charge is 2.24. The Kier molecular flexibility index (Phi) is 11.1. The third kappa shape index (κ3) is 7.84. The highest BCUT2D eigenvalue weighted by Crippen LogP contribution is 2.44. The van der Waals surface area contributed by atoms with Gasteiger partial charge < -0.3 is 30.0 Å². The molecule has 0 spiro atoms. The van der Waals surface area contributed by atoms with Crippen LogP contribution in [0.4, 0.5) is 4.79 Å². The maximum absolute atomic E-state index is 12.3. The van der Waals surface area contributed by atoms with Gasteiger partial charge in [-0.3, -0.25) is 9.69 Å². The van der Waals surface area contributed by atoms with Gasteiger partial charge in [0.15, 0.2) is 0 Å². The quantitative estimate of drug-likeness (QED) is 0.158. The van der Waals surface area contributed by atoms with Crippen molar-refractivity contribution < 1.29 is 28.9 Å². The Hall–Kier alpha value is -4.35. The Morgan fingerprint density at radius 2 is 1.74 bits per heavy atom. The summed E-state index contributed by atoms with van der Waals surface area (Å²) < 4.78 is 16.8. The number of hydrogen-bond donors (Lipinski definition) is 3. The monoisotopic (exact) mass is 718 g/mol. The van der Waals surface area contributed by atoms with Crippen molar-refractivity contribution in [1.82, 2.24) is 20.5 Å². The second-order valence-electron chi connectivity index (χ2n) is 12.6. The number of amides is 2. The van der Waals surface area contributed by atoms with E-state index in [0.717, 1.165) is 46.5 Å². The number of benzene rings is 3. The van der Waals surface area contributed by atoms with E-state index < -0.39 is 12.2 Å². The van der Waals surface area contributed by atoms with Gasteiger partial charge in [0.1, 0.15) is 12.4 Å². The van der Waals surface area contributed by atoms with Crippen LogP contribution >= 0.6 is 23.2 Å². The number of rotatable bonds is 11. The Morgan fingerprint density at radius 3 is 2.42 bits per heavy atom. The number of halogens is 2. The molecule has 0 bridgehead atoms. The summed E-state index contributed by atoms with van der Waals surface area (Å²) in [5.41, 5.74) is 7.52. The highest BCUT2D eigenvalue weighted by atomic mass is 35.5. The topological polar surface area (TPSA) is 122 Å². The predicted molar refractivity (Wildman–Crippen MR) is 194 cm³/mol. The van der Waals surface area contributed by atoms with Crippen LogP contribution in [0.15, 0.2) is 60.7 Å². The fraction of sp³-hybridized carbons (Fsp3) is 0.342. The first-order chi connectivity index (χ1) is 24.1. The van der Waals surface area contributed by atoms with Gasteiger partial charge in [0.25, 0.3) is 0 Å². The fourth-order valence-electron chi connectivity index (χ4n) is 6.59. The lowest BCUT2D eigenvalue weighted by Gasteiger charge is -2.31. The number of aliphatic hydroxyl groups is 1. The Labute approximate surface area is 301 Å². The number of fused-ring (bicyclic) bond motifs is 1. The van der Waals surface area contributed by atoms with Crippen LogP contribution in [0, 0.1) is 0 Å². The molecule has 12 heteroatoms. The summed E-state index contributed by atoms with van der Waals surface area (Å²) in [4.78, 5) is 30.6. The van der Waals surface area contributed by atoms with Gasteiger partial charge in [-0.2, -0.15) is 0 Å². The summed E-state index contributed by atoms with van der Waals surface area (Å²) >= 11 is 14.3. The van der Waals surface area contributed by atoms with Gasteiger partial charge >= 0.3 is 6.09 Å². The summed E-state index contributed by atoms with van der Waals surface area (Å²) in [6, 6.07) is 19.3. The molecule has 2 aliphatic rings. The molecule has 6 rings (SSSR count). The first kappa shape index (κ1) is 35.5. The molecule has 50 heavy (non-hydrogen) atoms. The number of aliphatic hydroxyl groups excluding tert-OH is 1. The molecule has 2 atom stereocenters. The lowest BCUT2D eigenvalue weighted by molar-refractivity contribution is -0.119. The number of alkyl carbamates (subject to hydrolysis) is 1. The molecule has 4 aromatic rings. The molecule has 0 saturated carbocycles. The maximum Gasteiger partial charge on any atom is 0.407 e. The molecule has 0 aliphatic carbocycles. The van der Waals surface area contributed by atoms with Crippen LogP contribution in [-0.4, -0.2) is 73.0 Å². The summed E-state index contributed by atoms with van der Waals surface area (Å²) in [6.07, 6.45) is 0.980. The van der Waals surface area contributed by atoms with Crippen LogP contribution in [0.25, 0.3) is 33.5 Å². The number of nitrogens with zero attached hydrogens (tertiary/aromatic N) is 2. The van der Waals surface area contributed by atoms with Crippen LogP contribution in [0.5, 0.6) is 11.6 Å². The minimum absolute atomic E-state index is 0.0163. The van der Waals surface area contributed by atoms with Gasteiger partial charge in [-0.15, -0.1) is 0 Å². The second kappa shape index (κ2) is 15.7. The zero-order valence-corrected chi connectivity index (χ0v) is 29.7. The lowest BCUT2D eigenvalue weighted by Crippen LogP contribution is -2.38. The summed E-state index contributed by atoms with van der Waals surface area (Å²) in [5, 5.41) is 16.4. The smallest absolute Gasteiger partial charge is 0.407 e. The fourth-order valence-corrected chi connectivity index (χ4v) is 7.25. The number of aromatic nitrogens is 1. The van der Waals surface area contributed by atoms with E-state index >= 15 is 0 Å². The molecule has 3 heterocycles. The molecule has 2 amide bonds. The van der Waals surface area contributed by atoms with E-state index in [-0.39, 0.29) is 18.6 Å². The minimum Gasteiger partial charge on any atom is -0.496 e. The standard InChI is InChI=1S/C38H40Cl2N4O6/c1-22(45)19-44-15-14-23-16-25(17-33(48-2)31(23)20-44)27-6-4-7-28(35(27)39)29-8-5-9-30(36(29)40)32-12-10-24(37(43-32)49-3)21-50-38(47)41-18-26-11-13-34(46)42-26/h4-10,12,16-17,22,26,45H,11,13-15,18-21H2,1-3H3,(H,41,47)(H,42,46)/t22?,26-/m0/s1. The Morgan fingerprint density at radius 1 is 1.02 bits per heavy atom. The highest BCUT2D eigenvalue weighted by molar-refractivity contribution is 6.39. The van der Waals surface area contributed by atoms with Gasteiger partial charge in [-0.25, -0.2) is 9.78 Å². The first-order valence-corrected chi connectivity index (χ1v) is 17.3. The summed E-state index contributed by atoms with van der Waals surface area (Å²) in [7, 11) is 3.18. The van der Waals surface area contributed by atoms with E-state index in [4.69, 9.17) is 42.4 Å². The van der Waals surface area contributed by atoms with Gasteiger partial charge in [0, 0.05) is 66.5 Å². The second-order valence-corrected chi connectivity index (χ2v) is 13.4. The molecular formula is C38H40Cl2N4O6. The van der Waals surface area contributed by atoms with Crippen molar-refractivity contribution in [2.45, 2.75) is 51.5 Å². The molecule has 0 radical (unpaired) electrons. The van der Waals surface area contributed by atoms with Crippen molar-refractivity contribution >= 4 is 35.2 Å². The van der Waals surface area contributed by atoms with E-state index in [0.29, 0.717) is 65.2 Å². The zero-order valence-electron chi connectivity index (χ0n) is 28.2. The number of hydrogen-bond acceptors (Lipinski definition) is 8. The molecule has 3 aromatic carbocycles. The van der Waals surface area contributed by atoms with E-state index in [9.17, 15) is 14.7 Å². The average Bonchev–Trinajstić information content (AvgIpc) is 3.54. The molecule has 1 saturated heterocycles. The van der Waals surface area contributed by atoms with E-state index in [1.54, 1.807) is 26.2 Å². The summed E-state index contributed by atoms with van der Waals surface area (Å²) in [5.74, 6) is 1.08. The predicted octanol–water partition coefficient (Wildman–Crippen LogP) is 6.65. The SMILES string of the molecule is COc1cc(-c2cccc(-c3cccc(-c4ccc(COC(=O)NC[C@@H]5CCC(=O)N5)c(OC)n4)c3Cl)c2Cl)cc2c1CN(CC(C)O)CC2. The Bertz CT molecular complexity index is 1880. The molecule has 262 valence electrons. The van der Waals surface area contributed by atoms with Crippen LogP contribution in [0.2, 0.25) is 10.0 Å². The molecule has 1 aromatic heterocycles. The van der Waals surface area contributed by atoms with Gasteiger partial charge in [0.05, 0.1) is 41.6 Å². The third-order valence-corrected chi connectivity index (χ3v) is 9.88. The van der Waals surface area contributed by atoms with Gasteiger partial charge in [0.2, 0.25) is 11.8 Å². The average molecular weight is 720 g/mol. The number of methoxy groups -OCH3 is 2. The number of nitrogens with one attached hydrogen (secondary N) is 2. The van der Waals surface area contributed by atoms with Crippen molar-refractivity contribution in [2.75, 3.05) is 33.9 Å². The molecular weight excluding hydrogens is 679 g/mol.